The molecule has 174 valence electrons. The largest absolute Gasteiger partial charge is 0.477 e. The minimum Gasteiger partial charge on any atom is -0.477 e. The van der Waals surface area contributed by atoms with Gasteiger partial charge in [-0.1, -0.05) is 13.0 Å². The number of nitrogens with one attached hydrogen (secondary N) is 1. The maximum atomic E-state index is 15.5. The molecule has 3 aliphatic rings. The number of carboxylic acids is 1. The van der Waals surface area contributed by atoms with Crippen LogP contribution in [-0.2, 0) is 21.7 Å². The number of rotatable bonds is 8. The van der Waals surface area contributed by atoms with Gasteiger partial charge in [-0.25, -0.2) is 9.18 Å². The fraction of sp³-hybridized carbons (Fsp3) is 0.545. The molecule has 3 aliphatic heterocycles. The van der Waals surface area contributed by atoms with E-state index in [1.807, 2.05) is 0 Å². The van der Waals surface area contributed by atoms with Crippen LogP contribution in [0.2, 0.25) is 0 Å². The molecule has 0 aromatic heterocycles. The van der Waals surface area contributed by atoms with Gasteiger partial charge in [-0.15, -0.1) is 11.8 Å². The first-order valence-corrected chi connectivity index (χ1v) is 11.6. The van der Waals surface area contributed by atoms with Crippen LogP contribution in [0.5, 0.6) is 0 Å². The third kappa shape index (κ3) is 2.90. The topological polar surface area (TPSA) is 136 Å². The second-order valence-corrected chi connectivity index (χ2v) is 10.1. The Morgan fingerprint density at radius 3 is 2.72 bits per heavy atom. The lowest BCUT2D eigenvalue weighted by Crippen LogP contribution is -2.79. The Bertz CT molecular complexity index is 982. The standard InChI is InChI=1S/C22H28FN3O5S/c1-12-15(11-28)18(19(29)30)26-20(31)21(5-7-27,32-14-4-6-25-10-14)22(12,26)16-8-13(9-24)2-3-17(16)23/h2-3,8,12,14,25,27-28H,4-7,9-11,24H2,1H3,(H,29,30)/t12-,14+,21-,22?/m1/s1. The molecule has 6 N–H and O–H groups in total. The summed E-state index contributed by atoms with van der Waals surface area (Å²) in [6.45, 7) is 2.41. The van der Waals surface area contributed by atoms with Gasteiger partial charge in [0.1, 0.15) is 21.8 Å². The lowest BCUT2D eigenvalue weighted by Gasteiger charge is -2.64. The van der Waals surface area contributed by atoms with Crippen LogP contribution in [0.1, 0.15) is 30.9 Å². The third-order valence-electron chi connectivity index (χ3n) is 7.09. The van der Waals surface area contributed by atoms with E-state index in [1.54, 1.807) is 19.1 Å². The molecule has 0 bridgehead atoms. The van der Waals surface area contributed by atoms with Gasteiger partial charge in [0.25, 0.3) is 0 Å². The van der Waals surface area contributed by atoms with Crippen LogP contribution in [-0.4, -0.2) is 68.4 Å². The molecule has 8 nitrogen and oxygen atoms in total. The minimum atomic E-state index is -1.40. The number of thioether (sulfide) groups is 1. The summed E-state index contributed by atoms with van der Waals surface area (Å²) in [5.74, 6) is -3.10. The fourth-order valence-electron chi connectivity index (χ4n) is 5.73. The summed E-state index contributed by atoms with van der Waals surface area (Å²) in [6, 6.07) is 4.42. The van der Waals surface area contributed by atoms with Gasteiger partial charge in [0.2, 0.25) is 5.91 Å². The van der Waals surface area contributed by atoms with E-state index in [2.05, 4.69) is 5.32 Å². The van der Waals surface area contributed by atoms with Crippen molar-refractivity contribution in [2.75, 3.05) is 26.3 Å². The highest BCUT2D eigenvalue weighted by Gasteiger charge is 2.79. The Balaban J connectivity index is 2.00. The zero-order chi connectivity index (χ0) is 23.3. The first-order chi connectivity index (χ1) is 15.3. The van der Waals surface area contributed by atoms with Gasteiger partial charge in [0.05, 0.1) is 6.61 Å². The molecule has 1 aromatic rings. The van der Waals surface area contributed by atoms with E-state index < -0.39 is 40.5 Å². The SMILES string of the molecule is C[C@@H]1C(CO)=C(C(=O)O)N2C(=O)[C@@](CCO)(S[C@H]3CCNC3)C12c1cc(CN)ccc1F. The Morgan fingerprint density at radius 1 is 1.41 bits per heavy atom. The summed E-state index contributed by atoms with van der Waals surface area (Å²) in [7, 11) is 0. The van der Waals surface area contributed by atoms with Gasteiger partial charge >= 0.3 is 5.97 Å². The number of carbonyl (C=O) groups is 2. The molecular weight excluding hydrogens is 437 g/mol. The Hall–Kier alpha value is -1.98. The van der Waals surface area contributed by atoms with Crippen LogP contribution in [0.4, 0.5) is 4.39 Å². The number of carboxylic acid groups (broad SMARTS) is 1. The van der Waals surface area contributed by atoms with Crippen LogP contribution in [0, 0.1) is 11.7 Å². The highest BCUT2D eigenvalue weighted by molar-refractivity contribution is 8.02. The maximum Gasteiger partial charge on any atom is 0.352 e. The maximum absolute atomic E-state index is 15.5. The van der Waals surface area contributed by atoms with Crippen molar-refractivity contribution in [3.05, 3.63) is 46.4 Å². The Kier molecular flexibility index (Phi) is 6.10. The molecular formula is C22H28FN3O5S. The number of aliphatic hydroxyl groups excluding tert-OH is 2. The second kappa shape index (κ2) is 8.42. The van der Waals surface area contributed by atoms with Crippen molar-refractivity contribution in [3.63, 3.8) is 0 Å². The van der Waals surface area contributed by atoms with Crippen LogP contribution in [0.25, 0.3) is 0 Å². The van der Waals surface area contributed by atoms with Crippen molar-refractivity contribution in [2.24, 2.45) is 11.7 Å². The van der Waals surface area contributed by atoms with E-state index in [4.69, 9.17) is 5.73 Å². The number of carbonyl (C=O) groups excluding carboxylic acids is 1. The monoisotopic (exact) mass is 465 g/mol. The molecule has 10 heteroatoms. The predicted molar refractivity (Wildman–Crippen MR) is 117 cm³/mol. The third-order valence-corrected chi connectivity index (χ3v) is 8.92. The summed E-state index contributed by atoms with van der Waals surface area (Å²) in [5.41, 5.74) is 5.09. The molecule has 0 spiro atoms. The van der Waals surface area contributed by atoms with E-state index in [9.17, 15) is 24.9 Å². The Morgan fingerprint density at radius 2 is 2.16 bits per heavy atom. The van der Waals surface area contributed by atoms with E-state index in [-0.39, 0.29) is 41.7 Å². The number of β-lactam (4-membered cyclic amide) rings is 1. The van der Waals surface area contributed by atoms with Gasteiger partial charge in [-0.2, -0.15) is 0 Å². The van der Waals surface area contributed by atoms with Crippen molar-refractivity contribution < 1.29 is 29.3 Å². The van der Waals surface area contributed by atoms with Crippen molar-refractivity contribution in [2.45, 2.75) is 41.8 Å². The molecule has 1 aromatic carbocycles. The van der Waals surface area contributed by atoms with Crippen molar-refractivity contribution in [1.82, 2.24) is 10.2 Å². The fourth-order valence-corrected chi connectivity index (χ4v) is 7.69. The number of hydrogen-bond donors (Lipinski definition) is 5. The van der Waals surface area contributed by atoms with Gasteiger partial charge in [0, 0.05) is 36.4 Å². The molecule has 0 saturated carbocycles. The molecule has 2 fully saturated rings. The van der Waals surface area contributed by atoms with Crippen LogP contribution < -0.4 is 11.1 Å². The quantitative estimate of drug-likeness (QED) is 0.351. The van der Waals surface area contributed by atoms with E-state index >= 15 is 4.39 Å². The number of fused-ring (bicyclic) bond motifs is 1. The van der Waals surface area contributed by atoms with E-state index in [1.165, 1.54) is 17.8 Å². The summed E-state index contributed by atoms with van der Waals surface area (Å²) < 4.78 is 14.2. The first kappa shape index (κ1) is 23.2. The molecule has 32 heavy (non-hydrogen) atoms. The van der Waals surface area contributed by atoms with E-state index in [0.29, 0.717) is 12.1 Å². The average Bonchev–Trinajstić information content (AvgIpc) is 3.36. The van der Waals surface area contributed by atoms with Gasteiger partial charge in [-0.3, -0.25) is 9.69 Å². The molecule has 3 heterocycles. The molecule has 0 aliphatic carbocycles. The minimum absolute atomic E-state index is 0.0335. The lowest BCUT2D eigenvalue weighted by molar-refractivity contribution is -0.168. The van der Waals surface area contributed by atoms with Crippen molar-refractivity contribution in [3.8, 4) is 0 Å². The zero-order valence-electron chi connectivity index (χ0n) is 17.8. The van der Waals surface area contributed by atoms with Gasteiger partial charge in [-0.05, 0) is 42.7 Å². The van der Waals surface area contributed by atoms with Crippen molar-refractivity contribution >= 4 is 23.6 Å². The number of nitrogens with zero attached hydrogens (tertiary/aromatic N) is 1. The Labute approximate surface area is 189 Å². The van der Waals surface area contributed by atoms with Crippen LogP contribution in [0.3, 0.4) is 0 Å². The highest BCUT2D eigenvalue weighted by atomic mass is 32.2. The number of aliphatic hydroxyl groups is 2. The number of nitrogens with two attached hydrogens (primary N) is 1. The number of halogens is 1. The van der Waals surface area contributed by atoms with E-state index in [0.717, 1.165) is 17.9 Å². The van der Waals surface area contributed by atoms with Crippen molar-refractivity contribution in [1.29, 1.82) is 0 Å². The smallest absolute Gasteiger partial charge is 0.352 e. The molecule has 2 saturated heterocycles. The number of aliphatic carboxylic acids is 1. The first-order valence-electron chi connectivity index (χ1n) is 10.7. The van der Waals surface area contributed by atoms with Crippen LogP contribution >= 0.6 is 11.8 Å². The summed E-state index contributed by atoms with van der Waals surface area (Å²) in [4.78, 5) is 27.1. The molecule has 1 amide bonds. The van der Waals surface area contributed by atoms with Gasteiger partial charge in [0.15, 0.2) is 0 Å². The second-order valence-electron chi connectivity index (χ2n) is 8.52. The summed E-state index contributed by atoms with van der Waals surface area (Å²) in [6.07, 6.45) is 0.832. The molecule has 4 atom stereocenters. The summed E-state index contributed by atoms with van der Waals surface area (Å²) >= 11 is 1.38. The highest BCUT2D eigenvalue weighted by Crippen LogP contribution is 2.68. The lowest BCUT2D eigenvalue weighted by atomic mass is 9.61. The molecule has 4 rings (SSSR count). The number of amides is 1. The van der Waals surface area contributed by atoms with Crippen LogP contribution in [0.15, 0.2) is 29.5 Å². The molecule has 0 radical (unpaired) electrons. The zero-order valence-corrected chi connectivity index (χ0v) is 18.6. The predicted octanol–water partition coefficient (Wildman–Crippen LogP) is 0.519. The molecule has 1 unspecified atom stereocenters. The normalized spacial score (nSPS) is 31.8. The summed E-state index contributed by atoms with van der Waals surface area (Å²) in [5, 5.41) is 33.3. The average molecular weight is 466 g/mol. The van der Waals surface area contributed by atoms with Gasteiger partial charge < -0.3 is 26.4 Å². The number of benzene rings is 1. The number of hydrogen-bond acceptors (Lipinski definition) is 7.